The van der Waals surface area contributed by atoms with Crippen molar-refractivity contribution in [1.29, 1.82) is 0 Å². The predicted octanol–water partition coefficient (Wildman–Crippen LogP) is 1.73. The maximum absolute atomic E-state index is 4.55. The van der Waals surface area contributed by atoms with Gasteiger partial charge in [0.25, 0.3) is 0 Å². The van der Waals surface area contributed by atoms with E-state index in [1.165, 1.54) is 5.82 Å². The van der Waals surface area contributed by atoms with Crippen molar-refractivity contribution >= 4 is 11.6 Å². The third-order valence-corrected chi connectivity index (χ3v) is 5.96. The molecule has 7 heteroatoms. The van der Waals surface area contributed by atoms with Gasteiger partial charge in [0.05, 0.1) is 0 Å². The average molecular weight is 355 g/mol. The Balaban J connectivity index is 1.42. The number of imidazole rings is 1. The van der Waals surface area contributed by atoms with Gasteiger partial charge < -0.3 is 19.3 Å². The van der Waals surface area contributed by atoms with Gasteiger partial charge in [0, 0.05) is 70.2 Å². The molecule has 0 aliphatic carbocycles. The van der Waals surface area contributed by atoms with Crippen molar-refractivity contribution in [2.45, 2.75) is 31.7 Å². The largest absolute Gasteiger partial charge is 0.356 e. The lowest BCUT2D eigenvalue weighted by atomic mass is 9.96. The lowest BCUT2D eigenvalue weighted by molar-refractivity contribution is 0.233. The van der Waals surface area contributed by atoms with Gasteiger partial charge in [-0.15, -0.1) is 0 Å². The first kappa shape index (κ1) is 17.3. The van der Waals surface area contributed by atoms with Crippen LogP contribution in [0.15, 0.2) is 24.8 Å². The number of likely N-dealkylation sites (N-methyl/N-ethyl adjacent to an activating group) is 1. The minimum absolute atomic E-state index is 0.547. The normalized spacial score (nSPS) is 22.8. The molecule has 4 heterocycles. The topological polar surface area (TPSA) is 53.3 Å². The second-order valence-corrected chi connectivity index (χ2v) is 7.67. The van der Waals surface area contributed by atoms with Gasteiger partial charge in [0.15, 0.2) is 0 Å². The quantitative estimate of drug-likeness (QED) is 0.836. The molecule has 0 N–H and O–H groups in total. The van der Waals surface area contributed by atoms with Crippen LogP contribution < -0.4 is 9.80 Å². The van der Waals surface area contributed by atoms with E-state index in [0.29, 0.717) is 12.0 Å². The van der Waals surface area contributed by atoms with Crippen LogP contribution in [-0.2, 0) is 7.05 Å². The highest BCUT2D eigenvalue weighted by Crippen LogP contribution is 2.29. The van der Waals surface area contributed by atoms with Crippen LogP contribution in [0.5, 0.6) is 0 Å². The van der Waals surface area contributed by atoms with E-state index in [1.54, 1.807) is 6.33 Å². The maximum Gasteiger partial charge on any atom is 0.134 e. The summed E-state index contributed by atoms with van der Waals surface area (Å²) in [5.41, 5.74) is 0. The Morgan fingerprint density at radius 1 is 0.923 bits per heavy atom. The Labute approximate surface area is 155 Å². The molecule has 2 saturated heterocycles. The average Bonchev–Trinajstić information content (AvgIpc) is 3.10. The smallest absolute Gasteiger partial charge is 0.134 e. The number of piperidine rings is 1. The van der Waals surface area contributed by atoms with Crippen molar-refractivity contribution in [2.75, 3.05) is 49.6 Å². The number of hydrogen-bond acceptors (Lipinski definition) is 6. The van der Waals surface area contributed by atoms with Crippen molar-refractivity contribution in [3.8, 4) is 0 Å². The minimum Gasteiger partial charge on any atom is -0.356 e. The molecule has 0 spiro atoms. The summed E-state index contributed by atoms with van der Waals surface area (Å²) in [6.07, 6.45) is 7.90. The molecular weight excluding hydrogens is 326 g/mol. The third kappa shape index (κ3) is 3.40. The molecule has 0 bridgehead atoms. The number of hydrogen-bond donors (Lipinski definition) is 0. The Hall–Kier alpha value is -2.15. The van der Waals surface area contributed by atoms with Gasteiger partial charge in [-0.05, 0) is 26.8 Å². The summed E-state index contributed by atoms with van der Waals surface area (Å²) in [6.45, 7) is 7.44. The predicted molar refractivity (Wildman–Crippen MR) is 104 cm³/mol. The van der Waals surface area contributed by atoms with Gasteiger partial charge in [-0.3, -0.25) is 0 Å². The molecule has 0 radical (unpaired) electrons. The molecule has 26 heavy (non-hydrogen) atoms. The molecule has 1 atom stereocenters. The molecule has 140 valence electrons. The first-order chi connectivity index (χ1) is 12.6. The van der Waals surface area contributed by atoms with Crippen LogP contribution >= 0.6 is 0 Å². The minimum atomic E-state index is 0.547. The van der Waals surface area contributed by atoms with Gasteiger partial charge in [0.2, 0.25) is 0 Å². The molecule has 2 aliphatic rings. The third-order valence-electron chi connectivity index (χ3n) is 5.96. The molecule has 0 saturated carbocycles. The lowest BCUT2D eigenvalue weighted by Gasteiger charge is -2.38. The second kappa shape index (κ2) is 7.23. The number of aromatic nitrogens is 4. The summed E-state index contributed by atoms with van der Waals surface area (Å²) in [5, 5.41) is 0. The van der Waals surface area contributed by atoms with Crippen LogP contribution in [-0.4, -0.2) is 70.2 Å². The fourth-order valence-corrected chi connectivity index (χ4v) is 4.08. The van der Waals surface area contributed by atoms with Gasteiger partial charge in [-0.2, -0.15) is 0 Å². The molecule has 7 nitrogen and oxygen atoms in total. The summed E-state index contributed by atoms with van der Waals surface area (Å²) >= 11 is 0. The molecule has 2 aromatic heterocycles. The highest BCUT2D eigenvalue weighted by atomic mass is 15.3. The molecule has 0 aromatic carbocycles. The summed E-state index contributed by atoms with van der Waals surface area (Å²) < 4.78 is 2.15. The molecule has 2 fully saturated rings. The molecule has 0 amide bonds. The second-order valence-electron chi connectivity index (χ2n) is 7.67. The summed E-state index contributed by atoms with van der Waals surface area (Å²) in [5.74, 6) is 3.87. The van der Waals surface area contributed by atoms with Crippen molar-refractivity contribution in [1.82, 2.24) is 24.4 Å². The van der Waals surface area contributed by atoms with Crippen LogP contribution in [0.2, 0.25) is 0 Å². The number of aryl methyl sites for hydroxylation is 1. The van der Waals surface area contributed by atoms with Gasteiger partial charge in [-0.1, -0.05) is 0 Å². The number of rotatable bonds is 3. The van der Waals surface area contributed by atoms with E-state index in [2.05, 4.69) is 61.3 Å². The first-order valence-electron chi connectivity index (χ1n) is 9.61. The fourth-order valence-electron chi connectivity index (χ4n) is 4.08. The van der Waals surface area contributed by atoms with Crippen molar-refractivity contribution < 1.29 is 0 Å². The maximum atomic E-state index is 4.55. The zero-order valence-corrected chi connectivity index (χ0v) is 16.0. The zero-order valence-electron chi connectivity index (χ0n) is 16.0. The molecular formula is C19H29N7. The number of nitrogens with zero attached hydrogens (tertiary/aromatic N) is 7. The lowest BCUT2D eigenvalue weighted by Crippen LogP contribution is -2.50. The first-order valence-corrected chi connectivity index (χ1v) is 9.61. The Bertz CT molecular complexity index is 735. The molecule has 2 aliphatic heterocycles. The van der Waals surface area contributed by atoms with E-state index in [-0.39, 0.29) is 0 Å². The van der Waals surface area contributed by atoms with E-state index in [1.807, 2.05) is 12.4 Å². The fraction of sp³-hybridized carbons (Fsp3) is 0.632. The standard InChI is InChI=1S/C19H29N7/c1-15-13-26(11-10-23(15)2)18-12-17(21-14-22-18)25-7-4-16(5-8-25)19-20-6-9-24(19)3/h6,9,12,14-16H,4-5,7-8,10-11,13H2,1-3H3. The molecule has 2 aromatic rings. The van der Waals surface area contributed by atoms with E-state index in [9.17, 15) is 0 Å². The Kier molecular flexibility index (Phi) is 4.80. The van der Waals surface area contributed by atoms with Crippen molar-refractivity contribution in [3.05, 3.63) is 30.6 Å². The molecule has 1 unspecified atom stereocenters. The van der Waals surface area contributed by atoms with Crippen LogP contribution in [0.3, 0.4) is 0 Å². The summed E-state index contributed by atoms with van der Waals surface area (Å²) in [4.78, 5) is 20.8. The van der Waals surface area contributed by atoms with Gasteiger partial charge >= 0.3 is 0 Å². The van der Waals surface area contributed by atoms with E-state index in [4.69, 9.17) is 0 Å². The van der Waals surface area contributed by atoms with Crippen LogP contribution in [0, 0.1) is 0 Å². The van der Waals surface area contributed by atoms with E-state index in [0.717, 1.165) is 57.2 Å². The summed E-state index contributed by atoms with van der Waals surface area (Å²) in [7, 11) is 4.28. The zero-order chi connectivity index (χ0) is 18.1. The number of anilines is 2. The van der Waals surface area contributed by atoms with E-state index < -0.39 is 0 Å². The van der Waals surface area contributed by atoms with Gasteiger partial charge in [0.1, 0.15) is 23.8 Å². The Morgan fingerprint density at radius 3 is 2.31 bits per heavy atom. The van der Waals surface area contributed by atoms with Crippen LogP contribution in [0.25, 0.3) is 0 Å². The summed E-state index contributed by atoms with van der Waals surface area (Å²) in [6, 6.07) is 2.72. The SMILES string of the molecule is CC1CN(c2cc(N3CCC(c4nccn4C)CC3)ncn2)CCN1C. The molecule has 4 rings (SSSR count). The highest BCUT2D eigenvalue weighted by molar-refractivity contribution is 5.51. The van der Waals surface area contributed by atoms with Gasteiger partial charge in [-0.25, -0.2) is 15.0 Å². The monoisotopic (exact) mass is 355 g/mol. The van der Waals surface area contributed by atoms with Crippen LogP contribution in [0.4, 0.5) is 11.6 Å². The van der Waals surface area contributed by atoms with E-state index >= 15 is 0 Å². The Morgan fingerprint density at radius 2 is 1.65 bits per heavy atom. The van der Waals surface area contributed by atoms with Crippen molar-refractivity contribution in [2.24, 2.45) is 7.05 Å². The number of piperazine rings is 1. The van der Waals surface area contributed by atoms with Crippen molar-refractivity contribution in [3.63, 3.8) is 0 Å². The van der Waals surface area contributed by atoms with Crippen LogP contribution in [0.1, 0.15) is 31.5 Å². The highest BCUT2D eigenvalue weighted by Gasteiger charge is 2.26.